The van der Waals surface area contributed by atoms with Crippen LogP contribution in [0.15, 0.2) is 34.1 Å². The van der Waals surface area contributed by atoms with Crippen molar-refractivity contribution in [2.24, 2.45) is 4.99 Å². The molecule has 0 radical (unpaired) electrons. The third kappa shape index (κ3) is 2.06. The summed E-state index contributed by atoms with van der Waals surface area (Å²) in [6, 6.07) is 7.67. The van der Waals surface area contributed by atoms with Gasteiger partial charge < -0.3 is 4.90 Å². The number of hydrogen-bond acceptors (Lipinski definition) is 5. The summed E-state index contributed by atoms with van der Waals surface area (Å²) in [6.45, 7) is 1.45. The highest BCUT2D eigenvalue weighted by Gasteiger charge is 2.33. The van der Waals surface area contributed by atoms with Crippen LogP contribution in [0.4, 0.5) is 5.95 Å². The van der Waals surface area contributed by atoms with Crippen molar-refractivity contribution in [3.63, 3.8) is 0 Å². The molecule has 1 amide bonds. The number of likely N-dealkylation sites (N-methyl/N-ethyl adjacent to an activating group) is 1. The predicted molar refractivity (Wildman–Crippen MR) is 89.9 cm³/mol. The van der Waals surface area contributed by atoms with Crippen LogP contribution in [-0.2, 0) is 11.3 Å². The molecule has 0 saturated carbocycles. The Balaban J connectivity index is 1.91. The van der Waals surface area contributed by atoms with Gasteiger partial charge in [-0.15, -0.1) is 5.10 Å². The lowest BCUT2D eigenvalue weighted by Gasteiger charge is -2.33. The van der Waals surface area contributed by atoms with Gasteiger partial charge in [-0.25, -0.2) is 14.0 Å². The quantitative estimate of drug-likeness (QED) is 0.784. The molecule has 8 nitrogen and oxygen atoms in total. The van der Waals surface area contributed by atoms with Crippen LogP contribution >= 0.6 is 0 Å². The molecule has 0 unspecified atom stereocenters. The summed E-state index contributed by atoms with van der Waals surface area (Å²) in [5.74, 6) is 1.21. The summed E-state index contributed by atoms with van der Waals surface area (Å²) in [6.07, 6.45) is 0.906. The fourth-order valence-corrected chi connectivity index (χ4v) is 3.04. The van der Waals surface area contributed by atoms with Crippen LogP contribution in [0.3, 0.4) is 0 Å². The Hall–Kier alpha value is -2.90. The maximum Gasteiger partial charge on any atom is 0.352 e. The van der Waals surface area contributed by atoms with Crippen molar-refractivity contribution in [2.45, 2.75) is 13.0 Å². The fourth-order valence-electron chi connectivity index (χ4n) is 3.04. The fraction of sp³-hybridized carbons (Fsp3) is 0.375. The van der Waals surface area contributed by atoms with E-state index in [1.807, 2.05) is 29.2 Å². The molecule has 3 heterocycles. The van der Waals surface area contributed by atoms with Crippen LogP contribution in [0.5, 0.6) is 0 Å². The molecule has 0 atom stereocenters. The number of aliphatic imine (C=N–C) groups is 1. The normalized spacial score (nSPS) is 15.2. The molecule has 2 aliphatic rings. The standard InChI is InChI=1S/C16H18N6O2/c1-19(2)13(23)10-21-16(24)22-12-7-4-3-6-11(12)14-17-8-5-9-20(14)15(22)18-21/h3-4,6-7H,5,8-10H2,1-2H3. The third-order valence-electron chi connectivity index (χ3n) is 4.29. The lowest BCUT2D eigenvalue weighted by Crippen LogP contribution is -2.42. The smallest absolute Gasteiger partial charge is 0.347 e. The van der Waals surface area contributed by atoms with Gasteiger partial charge in [-0.05, 0) is 18.6 Å². The molecule has 1 aromatic heterocycles. The van der Waals surface area contributed by atoms with Crippen LogP contribution < -0.4 is 10.6 Å². The van der Waals surface area contributed by atoms with Gasteiger partial charge in [0.2, 0.25) is 11.9 Å². The first-order valence-corrected chi connectivity index (χ1v) is 7.89. The van der Waals surface area contributed by atoms with Crippen LogP contribution in [-0.4, -0.2) is 58.2 Å². The number of amidine groups is 1. The minimum Gasteiger partial charge on any atom is -0.347 e. The molecule has 0 fully saturated rings. The predicted octanol–water partition coefficient (Wildman–Crippen LogP) is 0.0925. The number of fused-ring (bicyclic) bond motifs is 6. The molecule has 0 spiro atoms. The number of rotatable bonds is 2. The van der Waals surface area contributed by atoms with Crippen molar-refractivity contribution in [3.8, 4) is 5.69 Å². The zero-order valence-corrected chi connectivity index (χ0v) is 13.6. The number of carbonyl (C=O) groups excluding carboxylic acids is 1. The first-order valence-electron chi connectivity index (χ1n) is 7.89. The minimum absolute atomic E-state index is 0.0751. The molecule has 2 aromatic rings. The van der Waals surface area contributed by atoms with E-state index in [9.17, 15) is 9.59 Å². The van der Waals surface area contributed by atoms with Crippen molar-refractivity contribution in [1.29, 1.82) is 0 Å². The van der Waals surface area contributed by atoms with Gasteiger partial charge in [0, 0.05) is 32.7 Å². The number of benzene rings is 1. The Kier molecular flexibility index (Phi) is 3.26. The van der Waals surface area contributed by atoms with Crippen molar-refractivity contribution >= 4 is 17.7 Å². The maximum atomic E-state index is 12.8. The van der Waals surface area contributed by atoms with E-state index >= 15 is 0 Å². The Labute approximate surface area is 138 Å². The summed E-state index contributed by atoms with van der Waals surface area (Å²) >= 11 is 0. The minimum atomic E-state index is -0.308. The average Bonchev–Trinajstić information content (AvgIpc) is 2.92. The van der Waals surface area contributed by atoms with Gasteiger partial charge in [-0.3, -0.25) is 14.7 Å². The first kappa shape index (κ1) is 14.7. The summed E-state index contributed by atoms with van der Waals surface area (Å²) in [5, 5.41) is 4.42. The SMILES string of the molecule is CN(C)C(=O)Cn1nc2n(c1=O)-c1ccccc1C1=NCCCN12. The molecule has 8 heteroatoms. The zero-order chi connectivity index (χ0) is 16.8. The van der Waals surface area contributed by atoms with Gasteiger partial charge in [-0.1, -0.05) is 12.1 Å². The van der Waals surface area contributed by atoms with Crippen molar-refractivity contribution < 1.29 is 4.79 Å². The second-order valence-corrected chi connectivity index (χ2v) is 6.09. The molecule has 0 aliphatic carbocycles. The molecule has 0 saturated heterocycles. The van der Waals surface area contributed by atoms with Crippen LogP contribution in [0.2, 0.25) is 0 Å². The molecule has 24 heavy (non-hydrogen) atoms. The summed E-state index contributed by atoms with van der Waals surface area (Å²) in [4.78, 5) is 32.9. The van der Waals surface area contributed by atoms with Gasteiger partial charge in [0.05, 0.1) is 5.69 Å². The highest BCUT2D eigenvalue weighted by atomic mass is 16.2. The largest absolute Gasteiger partial charge is 0.352 e. The van der Waals surface area contributed by atoms with Gasteiger partial charge in [0.15, 0.2) is 0 Å². The van der Waals surface area contributed by atoms with Crippen LogP contribution in [0.25, 0.3) is 5.69 Å². The number of nitrogens with zero attached hydrogens (tertiary/aromatic N) is 6. The van der Waals surface area contributed by atoms with E-state index in [0.717, 1.165) is 36.6 Å². The number of carbonyl (C=O) groups is 1. The molecule has 0 bridgehead atoms. The molecular formula is C16H18N6O2. The molecule has 1 aromatic carbocycles. The molecular weight excluding hydrogens is 308 g/mol. The second-order valence-electron chi connectivity index (χ2n) is 6.09. The highest BCUT2D eigenvalue weighted by molar-refractivity contribution is 6.13. The number of aromatic nitrogens is 3. The second kappa shape index (κ2) is 5.33. The van der Waals surface area contributed by atoms with Crippen molar-refractivity contribution in [2.75, 3.05) is 32.1 Å². The lowest BCUT2D eigenvalue weighted by molar-refractivity contribution is -0.129. The molecule has 4 rings (SSSR count). The van der Waals surface area contributed by atoms with Gasteiger partial charge in [0.1, 0.15) is 12.4 Å². The van der Waals surface area contributed by atoms with Crippen molar-refractivity contribution in [3.05, 3.63) is 40.3 Å². The van der Waals surface area contributed by atoms with Crippen LogP contribution in [0, 0.1) is 0 Å². The van der Waals surface area contributed by atoms with E-state index in [-0.39, 0.29) is 18.1 Å². The van der Waals surface area contributed by atoms with E-state index in [1.54, 1.807) is 18.7 Å². The number of hydrogen-bond donors (Lipinski definition) is 0. The van der Waals surface area contributed by atoms with Gasteiger partial charge in [0.25, 0.3) is 0 Å². The summed E-state index contributed by atoms with van der Waals surface area (Å²) in [5.41, 5.74) is 1.38. The topological polar surface area (TPSA) is 75.7 Å². The highest BCUT2D eigenvalue weighted by Crippen LogP contribution is 2.29. The monoisotopic (exact) mass is 326 g/mol. The molecule has 2 aliphatic heterocycles. The molecule has 0 N–H and O–H groups in total. The summed E-state index contributed by atoms with van der Waals surface area (Å²) in [7, 11) is 3.32. The van der Waals surface area contributed by atoms with E-state index in [2.05, 4.69) is 10.1 Å². The number of anilines is 1. The van der Waals surface area contributed by atoms with E-state index in [4.69, 9.17) is 0 Å². The summed E-state index contributed by atoms with van der Waals surface area (Å²) < 4.78 is 2.80. The van der Waals surface area contributed by atoms with Gasteiger partial charge in [-0.2, -0.15) is 0 Å². The van der Waals surface area contributed by atoms with Crippen molar-refractivity contribution in [1.82, 2.24) is 19.2 Å². The Morgan fingerprint density at radius 3 is 2.88 bits per heavy atom. The Morgan fingerprint density at radius 1 is 1.29 bits per heavy atom. The zero-order valence-electron chi connectivity index (χ0n) is 13.6. The Bertz CT molecular complexity index is 908. The third-order valence-corrected chi connectivity index (χ3v) is 4.29. The average molecular weight is 326 g/mol. The number of amides is 1. The maximum absolute atomic E-state index is 12.8. The Morgan fingerprint density at radius 2 is 2.08 bits per heavy atom. The van der Waals surface area contributed by atoms with Gasteiger partial charge >= 0.3 is 5.69 Å². The van der Waals surface area contributed by atoms with E-state index < -0.39 is 0 Å². The van der Waals surface area contributed by atoms with E-state index in [1.165, 1.54) is 9.58 Å². The first-order chi connectivity index (χ1) is 11.6. The number of para-hydroxylation sites is 1. The molecule has 124 valence electrons. The van der Waals surface area contributed by atoms with E-state index in [0.29, 0.717) is 5.95 Å². The lowest BCUT2D eigenvalue weighted by atomic mass is 10.1. The van der Waals surface area contributed by atoms with Crippen LogP contribution in [0.1, 0.15) is 12.0 Å².